The summed E-state index contributed by atoms with van der Waals surface area (Å²) >= 11 is 6.42. The first kappa shape index (κ1) is 37.5. The lowest BCUT2D eigenvalue weighted by Crippen LogP contribution is -2.39. The van der Waals surface area contributed by atoms with Crippen molar-refractivity contribution in [2.75, 3.05) is 88.3 Å². The third-order valence-corrected chi connectivity index (χ3v) is 11.4. The molecule has 3 aromatic rings. The molecule has 0 aromatic heterocycles. The van der Waals surface area contributed by atoms with E-state index in [1.165, 1.54) is 5.56 Å². The summed E-state index contributed by atoms with van der Waals surface area (Å²) in [5.41, 5.74) is 6.54. The molecule has 0 bridgehead atoms. The molecular formula is C37H48ClN3O6S2. The Morgan fingerprint density at radius 1 is 0.980 bits per heavy atom. The standard InChI is InChI=1S/C37H48ClN3O6S2/c1-37(2,49-48-5)25-40(10-11-45-14-15-46-13-12-43-3)29-17-26(22-38)16-27(18-29)24-47-35-21-32-31(20-34(35)44-4)36(42)41-30(23-39-32)19-28-8-6-7-9-33(28)41/h6-9,16-18,20-21,30,39H,10-15,19,22-25H2,1-5H3/t30-/m0/s1. The maximum atomic E-state index is 13.9. The molecule has 1 amide bonds. The van der Waals surface area contributed by atoms with Gasteiger partial charge in [-0.3, -0.25) is 4.79 Å². The Labute approximate surface area is 303 Å². The molecule has 1 atom stereocenters. The topological polar surface area (TPSA) is 81.7 Å². The smallest absolute Gasteiger partial charge is 0.260 e. The molecule has 266 valence electrons. The molecule has 49 heavy (non-hydrogen) atoms. The van der Waals surface area contributed by atoms with Gasteiger partial charge in [0, 0.05) is 54.8 Å². The number of hydrogen-bond acceptors (Lipinski definition) is 10. The first-order valence-corrected chi connectivity index (χ1v) is 19.7. The Morgan fingerprint density at radius 2 is 1.73 bits per heavy atom. The molecule has 5 rings (SSSR count). The van der Waals surface area contributed by atoms with Gasteiger partial charge in [0.05, 0.1) is 57.4 Å². The zero-order chi connectivity index (χ0) is 34.8. The van der Waals surface area contributed by atoms with Crippen LogP contribution in [0.3, 0.4) is 0 Å². The van der Waals surface area contributed by atoms with Crippen molar-refractivity contribution in [3.05, 3.63) is 76.9 Å². The van der Waals surface area contributed by atoms with Crippen LogP contribution in [-0.4, -0.2) is 89.8 Å². The van der Waals surface area contributed by atoms with Crippen molar-refractivity contribution in [3.63, 3.8) is 0 Å². The van der Waals surface area contributed by atoms with E-state index in [9.17, 15) is 4.79 Å². The Balaban J connectivity index is 1.32. The number of nitrogens with zero attached hydrogens (tertiary/aromatic N) is 2. The molecule has 3 aromatic carbocycles. The van der Waals surface area contributed by atoms with E-state index in [0.29, 0.717) is 75.7 Å². The number of hydrogen-bond donors (Lipinski definition) is 1. The minimum Gasteiger partial charge on any atom is -0.493 e. The van der Waals surface area contributed by atoms with Gasteiger partial charge in [-0.25, -0.2) is 0 Å². The van der Waals surface area contributed by atoms with Gasteiger partial charge in [0.1, 0.15) is 6.61 Å². The van der Waals surface area contributed by atoms with Crippen LogP contribution < -0.4 is 24.6 Å². The van der Waals surface area contributed by atoms with Crippen LogP contribution in [0.1, 0.15) is 40.9 Å². The molecule has 9 nitrogen and oxygen atoms in total. The predicted octanol–water partition coefficient (Wildman–Crippen LogP) is 7.29. The lowest BCUT2D eigenvalue weighted by atomic mass is 10.1. The van der Waals surface area contributed by atoms with E-state index in [-0.39, 0.29) is 16.7 Å². The zero-order valence-electron chi connectivity index (χ0n) is 29.1. The summed E-state index contributed by atoms with van der Waals surface area (Å²) < 4.78 is 28.7. The highest BCUT2D eigenvalue weighted by Crippen LogP contribution is 2.41. The fourth-order valence-electron chi connectivity index (χ4n) is 6.31. The van der Waals surface area contributed by atoms with Crippen molar-refractivity contribution in [3.8, 4) is 11.5 Å². The second-order valence-corrected chi connectivity index (χ2v) is 16.0. The minimum absolute atomic E-state index is 0.00685. The number of anilines is 3. The Morgan fingerprint density at radius 3 is 2.49 bits per heavy atom. The Bertz CT molecular complexity index is 1560. The summed E-state index contributed by atoms with van der Waals surface area (Å²) in [6, 6.07) is 18.2. The summed E-state index contributed by atoms with van der Waals surface area (Å²) in [6.07, 6.45) is 2.93. The minimum atomic E-state index is -0.0375. The first-order valence-electron chi connectivity index (χ1n) is 16.6. The van der Waals surface area contributed by atoms with Crippen molar-refractivity contribution in [1.82, 2.24) is 0 Å². The van der Waals surface area contributed by atoms with Gasteiger partial charge in [-0.2, -0.15) is 0 Å². The molecule has 0 saturated carbocycles. The van der Waals surface area contributed by atoms with Gasteiger partial charge in [0.2, 0.25) is 0 Å². The van der Waals surface area contributed by atoms with E-state index in [2.05, 4.69) is 54.6 Å². The van der Waals surface area contributed by atoms with Crippen molar-refractivity contribution in [1.29, 1.82) is 0 Å². The summed E-state index contributed by atoms with van der Waals surface area (Å²) in [4.78, 5) is 18.1. The number of nitrogens with one attached hydrogen (secondary N) is 1. The molecule has 0 spiro atoms. The number of benzene rings is 3. The largest absolute Gasteiger partial charge is 0.493 e. The second kappa shape index (κ2) is 17.9. The van der Waals surface area contributed by atoms with Crippen LogP contribution in [0.25, 0.3) is 0 Å². The number of alkyl halides is 1. The molecule has 0 radical (unpaired) electrons. The van der Waals surface area contributed by atoms with E-state index in [4.69, 9.17) is 35.3 Å². The van der Waals surface area contributed by atoms with Crippen LogP contribution in [0.5, 0.6) is 11.5 Å². The Hall–Kier alpha value is -2.80. The molecule has 2 heterocycles. The van der Waals surface area contributed by atoms with Gasteiger partial charge >= 0.3 is 0 Å². The van der Waals surface area contributed by atoms with E-state index in [1.54, 1.807) is 31.1 Å². The van der Waals surface area contributed by atoms with Crippen molar-refractivity contribution >= 4 is 56.2 Å². The van der Waals surface area contributed by atoms with Crippen molar-refractivity contribution < 1.29 is 28.5 Å². The van der Waals surface area contributed by atoms with E-state index < -0.39 is 0 Å². The summed E-state index contributed by atoms with van der Waals surface area (Å²) in [5.74, 6) is 1.42. The molecule has 2 aliphatic rings. The molecule has 1 N–H and O–H groups in total. The number of carbonyl (C=O) groups is 1. The maximum Gasteiger partial charge on any atom is 0.260 e. The molecule has 0 fully saturated rings. The summed E-state index contributed by atoms with van der Waals surface area (Å²) in [7, 11) is 6.89. The first-order chi connectivity index (χ1) is 23.8. The molecule has 0 unspecified atom stereocenters. The van der Waals surface area contributed by atoms with Gasteiger partial charge in [-0.1, -0.05) is 45.9 Å². The average molecular weight is 730 g/mol. The van der Waals surface area contributed by atoms with Crippen LogP contribution in [-0.2, 0) is 33.1 Å². The fourth-order valence-corrected chi connectivity index (χ4v) is 8.63. The lowest BCUT2D eigenvalue weighted by Gasteiger charge is -2.34. The summed E-state index contributed by atoms with van der Waals surface area (Å²) in [6.45, 7) is 9.74. The molecule has 2 aliphatic heterocycles. The van der Waals surface area contributed by atoms with Crippen LogP contribution in [0.2, 0.25) is 0 Å². The highest BCUT2D eigenvalue weighted by atomic mass is 35.5. The number of para-hydroxylation sites is 1. The van der Waals surface area contributed by atoms with Gasteiger partial charge < -0.3 is 38.8 Å². The monoisotopic (exact) mass is 729 g/mol. The van der Waals surface area contributed by atoms with Gasteiger partial charge in [0.25, 0.3) is 5.91 Å². The molecule has 0 aliphatic carbocycles. The quantitative estimate of drug-likeness (QED) is 0.0773. The summed E-state index contributed by atoms with van der Waals surface area (Å²) in [5, 5.41) is 3.52. The van der Waals surface area contributed by atoms with Crippen LogP contribution in [0.15, 0.2) is 54.6 Å². The molecule has 12 heteroatoms. The van der Waals surface area contributed by atoms with Crippen LogP contribution >= 0.6 is 33.2 Å². The number of fused-ring (bicyclic) bond motifs is 4. The number of rotatable bonds is 19. The van der Waals surface area contributed by atoms with E-state index in [0.717, 1.165) is 41.2 Å². The third-order valence-electron chi connectivity index (χ3n) is 8.49. The highest BCUT2D eigenvalue weighted by molar-refractivity contribution is 8.77. The highest BCUT2D eigenvalue weighted by Gasteiger charge is 2.37. The number of amides is 1. The molecular weight excluding hydrogens is 682 g/mol. The maximum absolute atomic E-state index is 13.9. The third kappa shape index (κ3) is 9.71. The number of methoxy groups -OCH3 is 2. The van der Waals surface area contributed by atoms with Crippen molar-refractivity contribution in [2.24, 2.45) is 0 Å². The van der Waals surface area contributed by atoms with Crippen LogP contribution in [0, 0.1) is 0 Å². The van der Waals surface area contributed by atoms with Gasteiger partial charge in [0.15, 0.2) is 11.5 Å². The fraction of sp³-hybridized carbons (Fsp3) is 0.486. The van der Waals surface area contributed by atoms with Gasteiger partial charge in [-0.15, -0.1) is 11.6 Å². The normalized spacial score (nSPS) is 15.3. The van der Waals surface area contributed by atoms with E-state index >= 15 is 0 Å². The molecule has 0 saturated heterocycles. The number of ether oxygens (including phenoxy) is 5. The van der Waals surface area contributed by atoms with Crippen molar-refractivity contribution in [2.45, 2.75) is 43.5 Å². The SMILES string of the molecule is COCCOCCOCCN(CC(C)(C)SSC)c1cc(CCl)cc(COc2cc3c(cc2OC)C(=O)N2c4ccccc4C[C@H]2CN3)c1. The van der Waals surface area contributed by atoms with Gasteiger partial charge in [-0.05, 0) is 67.5 Å². The number of halogens is 1. The Kier molecular flexibility index (Phi) is 13.7. The number of carbonyl (C=O) groups excluding carboxylic acids is 1. The lowest BCUT2D eigenvalue weighted by molar-refractivity contribution is 0.0264. The van der Waals surface area contributed by atoms with E-state index in [1.807, 2.05) is 40.0 Å². The second-order valence-electron chi connectivity index (χ2n) is 12.7. The zero-order valence-corrected chi connectivity index (χ0v) is 31.5. The van der Waals surface area contributed by atoms with Crippen LogP contribution in [0.4, 0.5) is 17.1 Å². The average Bonchev–Trinajstić information content (AvgIpc) is 3.42. The predicted molar refractivity (Wildman–Crippen MR) is 203 cm³/mol.